The number of nitrogens with one attached hydrogen (secondary N) is 2. The Morgan fingerprint density at radius 3 is 2.38 bits per heavy atom. The molecule has 0 heterocycles. The van der Waals surface area contributed by atoms with Gasteiger partial charge in [0.1, 0.15) is 6.54 Å². The Morgan fingerprint density at radius 1 is 1.24 bits per heavy atom. The lowest BCUT2D eigenvalue weighted by atomic mass is 10.1. The summed E-state index contributed by atoms with van der Waals surface area (Å²) >= 11 is 0. The quantitative estimate of drug-likeness (QED) is 0.541. The van der Waals surface area contributed by atoms with Gasteiger partial charge in [-0.05, 0) is 24.6 Å². The Bertz CT molecular complexity index is 899. The third kappa shape index (κ3) is 5.92. The molecule has 0 bridgehead atoms. The van der Waals surface area contributed by atoms with Crippen LogP contribution in [0.15, 0.2) is 36.4 Å². The molecule has 1 amide bonds. The van der Waals surface area contributed by atoms with Gasteiger partial charge in [-0.25, -0.2) is 0 Å². The maximum Gasteiger partial charge on any atom is 0.416 e. The topological polar surface area (TPSA) is 85.9 Å². The van der Waals surface area contributed by atoms with Crippen LogP contribution < -0.4 is 15.0 Å². The van der Waals surface area contributed by atoms with E-state index in [1.165, 1.54) is 31.4 Å². The summed E-state index contributed by atoms with van der Waals surface area (Å²) in [5, 5.41) is 13.7. The monoisotopic (exact) mass is 412 g/mol. The zero-order valence-corrected chi connectivity index (χ0v) is 16.1. The number of nitro benzene ring substituents is 1. The van der Waals surface area contributed by atoms with Crippen LogP contribution in [0.5, 0.6) is 5.75 Å². The molecule has 1 atom stereocenters. The van der Waals surface area contributed by atoms with E-state index in [0.29, 0.717) is 23.4 Å². The standard InChI is InChI=1S/C19H20F3N3O4/c1-12-8-16(25(27)28)17(29-3)9-15(12)23-18(26)11-24(2)10-13-4-6-14(7-5-13)19(20,21)22/h4-9H,10-11H2,1-3H3,(H,23,26)/p+1. The number of hydrogen-bond donors (Lipinski definition) is 2. The highest BCUT2D eigenvalue weighted by Crippen LogP contribution is 2.32. The van der Waals surface area contributed by atoms with Gasteiger partial charge in [-0.3, -0.25) is 14.9 Å². The van der Waals surface area contributed by atoms with Gasteiger partial charge in [0.15, 0.2) is 12.3 Å². The van der Waals surface area contributed by atoms with Crippen LogP contribution in [-0.4, -0.2) is 31.5 Å². The summed E-state index contributed by atoms with van der Waals surface area (Å²) in [5.74, 6) is -0.310. The van der Waals surface area contributed by atoms with Crippen molar-refractivity contribution in [2.45, 2.75) is 19.6 Å². The number of quaternary nitrogens is 1. The largest absolute Gasteiger partial charge is 0.490 e. The molecule has 7 nitrogen and oxygen atoms in total. The lowest BCUT2D eigenvalue weighted by molar-refractivity contribution is -0.885. The Kier molecular flexibility index (Phi) is 6.80. The van der Waals surface area contributed by atoms with Crippen LogP contribution in [0.3, 0.4) is 0 Å². The predicted molar refractivity (Wildman–Crippen MR) is 99.9 cm³/mol. The van der Waals surface area contributed by atoms with E-state index in [1.807, 2.05) is 0 Å². The summed E-state index contributed by atoms with van der Waals surface area (Å²) < 4.78 is 42.8. The van der Waals surface area contributed by atoms with Gasteiger partial charge in [0.2, 0.25) is 0 Å². The van der Waals surface area contributed by atoms with Crippen molar-refractivity contribution >= 4 is 17.3 Å². The minimum absolute atomic E-state index is 0.0290. The molecule has 2 aromatic rings. The number of benzene rings is 2. The number of alkyl halides is 3. The fourth-order valence-corrected chi connectivity index (χ4v) is 2.80. The van der Waals surface area contributed by atoms with Crippen molar-refractivity contribution in [3.05, 3.63) is 63.2 Å². The number of methoxy groups -OCH3 is 1. The van der Waals surface area contributed by atoms with Gasteiger partial charge in [-0.2, -0.15) is 13.2 Å². The number of rotatable bonds is 7. The number of carbonyl (C=O) groups is 1. The van der Waals surface area contributed by atoms with Crippen LogP contribution in [0.4, 0.5) is 24.5 Å². The van der Waals surface area contributed by atoms with E-state index in [2.05, 4.69) is 5.32 Å². The molecule has 0 aliphatic rings. The van der Waals surface area contributed by atoms with Gasteiger partial charge >= 0.3 is 11.9 Å². The fourth-order valence-electron chi connectivity index (χ4n) is 2.80. The van der Waals surface area contributed by atoms with Gasteiger partial charge in [0, 0.05) is 23.4 Å². The summed E-state index contributed by atoms with van der Waals surface area (Å²) in [6.45, 7) is 2.04. The van der Waals surface area contributed by atoms with E-state index in [4.69, 9.17) is 4.74 Å². The average molecular weight is 412 g/mol. The molecule has 0 spiro atoms. The van der Waals surface area contributed by atoms with E-state index < -0.39 is 16.7 Å². The van der Waals surface area contributed by atoms with Crippen LogP contribution in [0.2, 0.25) is 0 Å². The number of nitro groups is 1. The highest BCUT2D eigenvalue weighted by molar-refractivity contribution is 5.92. The van der Waals surface area contributed by atoms with E-state index in [1.54, 1.807) is 14.0 Å². The smallest absolute Gasteiger partial charge is 0.416 e. The minimum Gasteiger partial charge on any atom is -0.490 e. The molecule has 2 rings (SSSR count). The highest BCUT2D eigenvalue weighted by Gasteiger charge is 2.30. The van der Waals surface area contributed by atoms with E-state index in [9.17, 15) is 28.1 Å². The van der Waals surface area contributed by atoms with Crippen molar-refractivity contribution in [2.75, 3.05) is 26.0 Å². The van der Waals surface area contributed by atoms with Crippen molar-refractivity contribution < 1.29 is 32.5 Å². The number of nitrogens with zero attached hydrogens (tertiary/aromatic N) is 1. The first-order chi connectivity index (χ1) is 13.5. The summed E-state index contributed by atoms with van der Waals surface area (Å²) in [7, 11) is 3.03. The molecular weight excluding hydrogens is 391 g/mol. The first kappa shape index (κ1) is 22.2. The lowest BCUT2D eigenvalue weighted by Gasteiger charge is -2.15. The number of halogens is 3. The molecule has 0 saturated heterocycles. The molecule has 29 heavy (non-hydrogen) atoms. The van der Waals surface area contributed by atoms with Gasteiger partial charge in [0.25, 0.3) is 5.91 Å². The molecule has 2 N–H and O–H groups in total. The molecule has 0 aliphatic heterocycles. The van der Waals surface area contributed by atoms with Crippen LogP contribution in [0.25, 0.3) is 0 Å². The number of likely N-dealkylation sites (N-methyl/N-ethyl adjacent to an activating group) is 1. The fraction of sp³-hybridized carbons (Fsp3) is 0.316. The number of hydrogen-bond acceptors (Lipinski definition) is 4. The second kappa shape index (κ2) is 8.91. The van der Waals surface area contributed by atoms with Gasteiger partial charge < -0.3 is 15.0 Å². The van der Waals surface area contributed by atoms with E-state index in [-0.39, 0.29) is 23.9 Å². The van der Waals surface area contributed by atoms with Crippen LogP contribution in [0, 0.1) is 17.0 Å². The number of ether oxygens (including phenoxy) is 1. The number of aryl methyl sites for hydroxylation is 1. The zero-order valence-electron chi connectivity index (χ0n) is 16.1. The first-order valence-corrected chi connectivity index (χ1v) is 8.61. The minimum atomic E-state index is -4.39. The zero-order chi connectivity index (χ0) is 21.8. The van der Waals surface area contributed by atoms with Gasteiger partial charge in [0.05, 0.1) is 24.6 Å². The first-order valence-electron chi connectivity index (χ1n) is 8.61. The lowest BCUT2D eigenvalue weighted by Crippen LogP contribution is -3.08. The summed E-state index contributed by atoms with van der Waals surface area (Å²) in [5.41, 5.74) is 0.634. The summed E-state index contributed by atoms with van der Waals surface area (Å²) in [6, 6.07) is 7.49. The van der Waals surface area contributed by atoms with Crippen molar-refractivity contribution in [2.24, 2.45) is 0 Å². The average Bonchev–Trinajstić information content (AvgIpc) is 2.62. The molecule has 0 saturated carbocycles. The summed E-state index contributed by atoms with van der Waals surface area (Å²) in [4.78, 5) is 23.5. The molecule has 1 unspecified atom stereocenters. The third-order valence-corrected chi connectivity index (χ3v) is 4.25. The molecule has 0 radical (unpaired) electrons. The predicted octanol–water partition coefficient (Wildman–Crippen LogP) is 2.58. The van der Waals surface area contributed by atoms with Crippen molar-refractivity contribution in [1.82, 2.24) is 0 Å². The SMILES string of the molecule is COc1cc(NC(=O)C[NH+](C)Cc2ccc(C(F)(F)F)cc2)c(C)cc1[N+](=O)[O-]. The summed E-state index contributed by atoms with van der Waals surface area (Å²) in [6.07, 6.45) is -4.39. The maximum absolute atomic E-state index is 12.6. The van der Waals surface area contributed by atoms with E-state index in [0.717, 1.165) is 17.0 Å². The molecule has 10 heteroatoms. The normalized spacial score (nSPS) is 12.3. The van der Waals surface area contributed by atoms with Gasteiger partial charge in [-0.1, -0.05) is 12.1 Å². The highest BCUT2D eigenvalue weighted by atomic mass is 19.4. The van der Waals surface area contributed by atoms with Gasteiger partial charge in [-0.15, -0.1) is 0 Å². The van der Waals surface area contributed by atoms with Crippen LogP contribution >= 0.6 is 0 Å². The molecular formula is C19H21F3N3O4+. The Morgan fingerprint density at radius 2 is 1.86 bits per heavy atom. The number of carbonyl (C=O) groups excluding carboxylic acids is 1. The second-order valence-electron chi connectivity index (χ2n) is 6.65. The van der Waals surface area contributed by atoms with Crippen molar-refractivity contribution in [3.63, 3.8) is 0 Å². The number of anilines is 1. The Hall–Kier alpha value is -3.14. The van der Waals surface area contributed by atoms with Crippen molar-refractivity contribution in [3.8, 4) is 5.75 Å². The van der Waals surface area contributed by atoms with Crippen molar-refractivity contribution in [1.29, 1.82) is 0 Å². The molecule has 0 aliphatic carbocycles. The van der Waals surface area contributed by atoms with E-state index >= 15 is 0 Å². The third-order valence-electron chi connectivity index (χ3n) is 4.25. The Labute approximate surface area is 165 Å². The second-order valence-corrected chi connectivity index (χ2v) is 6.65. The molecule has 0 aromatic heterocycles. The van der Waals surface area contributed by atoms with Crippen LogP contribution in [-0.2, 0) is 17.5 Å². The molecule has 2 aromatic carbocycles. The molecule has 0 fully saturated rings. The van der Waals surface area contributed by atoms with Crippen LogP contribution in [0.1, 0.15) is 16.7 Å². The Balaban J connectivity index is 2.01. The maximum atomic E-state index is 12.6. The number of amides is 1. The molecule has 156 valence electrons.